The molecule has 5 rings (SSSR count). The molecule has 1 N–H and O–H groups in total. The number of ether oxygens (including phenoxy) is 1. The Balaban J connectivity index is 1.12. The van der Waals surface area contributed by atoms with Crippen LogP contribution in [0, 0.1) is 12.8 Å². The van der Waals surface area contributed by atoms with Crippen molar-refractivity contribution in [2.75, 3.05) is 23.3 Å². The molecule has 1 aliphatic rings. The van der Waals surface area contributed by atoms with E-state index in [0.29, 0.717) is 0 Å². The summed E-state index contributed by atoms with van der Waals surface area (Å²) in [5.74, 6) is 2.41. The van der Waals surface area contributed by atoms with E-state index in [1.807, 2.05) is 66.7 Å². The van der Waals surface area contributed by atoms with Crippen molar-refractivity contribution in [1.82, 2.24) is 10.2 Å². The number of nitrogens with zero attached hydrogens (tertiary/aromatic N) is 3. The molecule has 176 valence electrons. The standard InChI is InChI=1S/C29H28N4O2/c1-21-7-9-22(10-8-21)27-15-16-28(32-31-27)33-19-17-23(18-20-33)29(34)30-24-11-13-26(14-12-24)35-25-5-3-2-4-6-25/h2-16,23H,17-20H2,1H3,(H,30,34). The minimum absolute atomic E-state index is 0.0220. The summed E-state index contributed by atoms with van der Waals surface area (Å²) >= 11 is 0. The number of benzene rings is 3. The summed E-state index contributed by atoms with van der Waals surface area (Å²) in [4.78, 5) is 15.0. The average molecular weight is 465 g/mol. The number of hydrogen-bond donors (Lipinski definition) is 1. The number of carbonyl (C=O) groups is 1. The van der Waals surface area contributed by atoms with E-state index in [9.17, 15) is 4.79 Å². The van der Waals surface area contributed by atoms with Crippen molar-refractivity contribution in [3.8, 4) is 22.8 Å². The summed E-state index contributed by atoms with van der Waals surface area (Å²) in [5.41, 5.74) is 3.92. The fourth-order valence-corrected chi connectivity index (χ4v) is 4.22. The number of aryl methyl sites for hydroxylation is 1. The molecule has 2 heterocycles. The van der Waals surface area contributed by atoms with Crippen LogP contribution >= 0.6 is 0 Å². The SMILES string of the molecule is Cc1ccc(-c2ccc(N3CCC(C(=O)Nc4ccc(Oc5ccccc5)cc4)CC3)nn2)cc1. The Bertz CT molecular complexity index is 1250. The number of piperidine rings is 1. The van der Waals surface area contributed by atoms with Gasteiger partial charge in [-0.25, -0.2) is 0 Å². The highest BCUT2D eigenvalue weighted by molar-refractivity contribution is 5.92. The van der Waals surface area contributed by atoms with Gasteiger partial charge >= 0.3 is 0 Å². The van der Waals surface area contributed by atoms with Gasteiger partial charge in [-0.05, 0) is 68.3 Å². The number of para-hydroxylation sites is 1. The van der Waals surface area contributed by atoms with Crippen molar-refractivity contribution >= 4 is 17.4 Å². The summed E-state index contributed by atoms with van der Waals surface area (Å²) in [6.07, 6.45) is 1.56. The minimum Gasteiger partial charge on any atom is -0.457 e. The zero-order valence-electron chi connectivity index (χ0n) is 19.7. The normalized spacial score (nSPS) is 13.9. The van der Waals surface area contributed by atoms with Crippen LogP contribution in [0.4, 0.5) is 11.5 Å². The maximum Gasteiger partial charge on any atom is 0.227 e. The smallest absolute Gasteiger partial charge is 0.227 e. The van der Waals surface area contributed by atoms with Crippen molar-refractivity contribution in [2.45, 2.75) is 19.8 Å². The van der Waals surface area contributed by atoms with Gasteiger partial charge in [-0.15, -0.1) is 10.2 Å². The molecule has 0 unspecified atom stereocenters. The molecule has 1 aromatic heterocycles. The molecular weight excluding hydrogens is 436 g/mol. The van der Waals surface area contributed by atoms with Gasteiger partial charge in [0, 0.05) is 30.3 Å². The molecule has 0 radical (unpaired) electrons. The summed E-state index contributed by atoms with van der Waals surface area (Å²) in [6.45, 7) is 3.63. The van der Waals surface area contributed by atoms with Gasteiger partial charge in [0.2, 0.25) is 5.91 Å². The molecule has 0 atom stereocenters. The molecule has 0 aliphatic carbocycles. The Morgan fingerprint density at radius 1 is 0.829 bits per heavy atom. The molecule has 1 amide bonds. The van der Waals surface area contributed by atoms with Crippen molar-refractivity contribution in [3.63, 3.8) is 0 Å². The summed E-state index contributed by atoms with van der Waals surface area (Å²) in [5, 5.41) is 11.9. The van der Waals surface area contributed by atoms with E-state index in [0.717, 1.165) is 60.2 Å². The number of carbonyl (C=O) groups excluding carboxylic acids is 1. The molecule has 35 heavy (non-hydrogen) atoms. The van der Waals surface area contributed by atoms with E-state index in [1.165, 1.54) is 5.56 Å². The van der Waals surface area contributed by atoms with Gasteiger partial charge in [-0.1, -0.05) is 48.0 Å². The van der Waals surface area contributed by atoms with Gasteiger partial charge in [0.1, 0.15) is 11.5 Å². The maximum atomic E-state index is 12.8. The molecule has 3 aromatic carbocycles. The minimum atomic E-state index is -0.0220. The lowest BCUT2D eigenvalue weighted by Crippen LogP contribution is -2.38. The second-order valence-electron chi connectivity index (χ2n) is 8.83. The van der Waals surface area contributed by atoms with Crippen LogP contribution in [0.5, 0.6) is 11.5 Å². The van der Waals surface area contributed by atoms with Gasteiger partial charge in [-0.2, -0.15) is 0 Å². The quantitative estimate of drug-likeness (QED) is 0.373. The largest absolute Gasteiger partial charge is 0.457 e. The highest BCUT2D eigenvalue weighted by Crippen LogP contribution is 2.26. The Labute approximate surface area is 205 Å². The highest BCUT2D eigenvalue weighted by atomic mass is 16.5. The fourth-order valence-electron chi connectivity index (χ4n) is 4.22. The predicted molar refractivity (Wildman–Crippen MR) is 139 cm³/mol. The zero-order chi connectivity index (χ0) is 24.0. The second kappa shape index (κ2) is 10.4. The van der Waals surface area contributed by atoms with Crippen LogP contribution in [0.1, 0.15) is 18.4 Å². The lowest BCUT2D eigenvalue weighted by molar-refractivity contribution is -0.120. The van der Waals surface area contributed by atoms with Gasteiger partial charge < -0.3 is 15.0 Å². The Kier molecular flexibility index (Phi) is 6.70. The van der Waals surface area contributed by atoms with Crippen LogP contribution in [-0.2, 0) is 4.79 Å². The third kappa shape index (κ3) is 5.66. The topological polar surface area (TPSA) is 67.4 Å². The van der Waals surface area contributed by atoms with Crippen LogP contribution in [0.25, 0.3) is 11.3 Å². The van der Waals surface area contributed by atoms with E-state index < -0.39 is 0 Å². The van der Waals surface area contributed by atoms with Crippen molar-refractivity contribution < 1.29 is 9.53 Å². The molecule has 6 nitrogen and oxygen atoms in total. The van der Waals surface area contributed by atoms with E-state index in [4.69, 9.17) is 4.74 Å². The van der Waals surface area contributed by atoms with Crippen molar-refractivity contribution in [2.24, 2.45) is 5.92 Å². The first-order valence-corrected chi connectivity index (χ1v) is 11.9. The molecule has 1 aliphatic heterocycles. The number of nitrogens with one attached hydrogen (secondary N) is 1. The van der Waals surface area contributed by atoms with E-state index >= 15 is 0 Å². The fraction of sp³-hybridized carbons (Fsp3) is 0.207. The summed E-state index contributed by atoms with van der Waals surface area (Å²) in [7, 11) is 0. The van der Waals surface area contributed by atoms with Gasteiger partial charge in [-0.3, -0.25) is 4.79 Å². The van der Waals surface area contributed by atoms with Gasteiger partial charge in [0.25, 0.3) is 0 Å². The summed E-state index contributed by atoms with van der Waals surface area (Å²) in [6, 6.07) is 29.4. The molecular formula is C29H28N4O2. The molecule has 1 fully saturated rings. The zero-order valence-corrected chi connectivity index (χ0v) is 19.7. The van der Waals surface area contributed by atoms with Gasteiger partial charge in [0.15, 0.2) is 5.82 Å². The van der Waals surface area contributed by atoms with Crippen LogP contribution in [-0.4, -0.2) is 29.2 Å². The van der Waals surface area contributed by atoms with Crippen LogP contribution in [0.2, 0.25) is 0 Å². The molecule has 0 saturated carbocycles. The van der Waals surface area contributed by atoms with Crippen molar-refractivity contribution in [3.05, 3.63) is 96.6 Å². The van der Waals surface area contributed by atoms with Crippen LogP contribution in [0.3, 0.4) is 0 Å². The Morgan fingerprint density at radius 3 is 2.17 bits per heavy atom. The van der Waals surface area contributed by atoms with Gasteiger partial charge in [0.05, 0.1) is 5.69 Å². The number of hydrogen-bond acceptors (Lipinski definition) is 5. The Hall–Kier alpha value is -4.19. The molecule has 4 aromatic rings. The third-order valence-corrected chi connectivity index (χ3v) is 6.29. The predicted octanol–water partition coefficient (Wildman–Crippen LogP) is 6.10. The lowest BCUT2D eigenvalue weighted by atomic mass is 9.95. The number of anilines is 2. The van der Waals surface area contributed by atoms with Crippen LogP contribution < -0.4 is 15.0 Å². The second-order valence-corrected chi connectivity index (χ2v) is 8.83. The summed E-state index contributed by atoms with van der Waals surface area (Å²) < 4.78 is 5.82. The molecule has 1 saturated heterocycles. The highest BCUT2D eigenvalue weighted by Gasteiger charge is 2.26. The monoisotopic (exact) mass is 464 g/mol. The molecule has 0 spiro atoms. The number of rotatable bonds is 6. The first kappa shape index (κ1) is 22.6. The first-order chi connectivity index (χ1) is 17.1. The molecule has 6 heteroatoms. The van der Waals surface area contributed by atoms with E-state index in [-0.39, 0.29) is 11.8 Å². The number of amides is 1. The van der Waals surface area contributed by atoms with E-state index in [1.54, 1.807) is 0 Å². The van der Waals surface area contributed by atoms with E-state index in [2.05, 4.69) is 51.6 Å². The van der Waals surface area contributed by atoms with Crippen molar-refractivity contribution in [1.29, 1.82) is 0 Å². The average Bonchev–Trinajstić information content (AvgIpc) is 2.91. The third-order valence-electron chi connectivity index (χ3n) is 6.29. The number of aromatic nitrogens is 2. The van der Waals surface area contributed by atoms with Crippen LogP contribution in [0.15, 0.2) is 91.0 Å². The lowest BCUT2D eigenvalue weighted by Gasteiger charge is -2.31. The maximum absolute atomic E-state index is 12.8. The molecule has 0 bridgehead atoms. The Morgan fingerprint density at radius 2 is 1.51 bits per heavy atom. The first-order valence-electron chi connectivity index (χ1n) is 11.9.